The monoisotopic (exact) mass is 429 g/mol. The van der Waals surface area contributed by atoms with E-state index in [1.807, 2.05) is 6.92 Å². The van der Waals surface area contributed by atoms with Crippen LogP contribution >= 0.6 is 0 Å². The standard InChI is InChI=1S/C23H31N3O3S/c1-4-15-26-16-13-20(14-17-26)24-23(27)19-7-9-21(10-8-19)25(3)30(28,29)22-11-5-18(2)6-12-22/h5-12,20H,4,13-17H2,1-3H3,(H,24,27). The topological polar surface area (TPSA) is 69.7 Å². The molecule has 0 aliphatic carbocycles. The van der Waals surface area contributed by atoms with Crippen molar-refractivity contribution in [3.8, 4) is 0 Å². The molecule has 0 radical (unpaired) electrons. The van der Waals surface area contributed by atoms with Crippen molar-refractivity contribution in [2.75, 3.05) is 31.0 Å². The largest absolute Gasteiger partial charge is 0.349 e. The Bertz CT molecular complexity index is 948. The predicted molar refractivity (Wildman–Crippen MR) is 120 cm³/mol. The number of piperidine rings is 1. The lowest BCUT2D eigenvalue weighted by molar-refractivity contribution is 0.0911. The highest BCUT2D eigenvalue weighted by Crippen LogP contribution is 2.23. The fourth-order valence-corrected chi connectivity index (χ4v) is 4.91. The zero-order valence-corrected chi connectivity index (χ0v) is 18.8. The van der Waals surface area contributed by atoms with Gasteiger partial charge in [0.15, 0.2) is 0 Å². The van der Waals surface area contributed by atoms with E-state index >= 15 is 0 Å². The molecule has 2 aromatic carbocycles. The summed E-state index contributed by atoms with van der Waals surface area (Å²) in [6.45, 7) is 7.24. The molecular formula is C23H31N3O3S. The highest BCUT2D eigenvalue weighted by atomic mass is 32.2. The summed E-state index contributed by atoms with van der Waals surface area (Å²) in [5.41, 5.74) is 2.05. The van der Waals surface area contributed by atoms with E-state index < -0.39 is 10.0 Å². The molecule has 1 aliphatic heterocycles. The van der Waals surface area contributed by atoms with Crippen molar-refractivity contribution < 1.29 is 13.2 Å². The van der Waals surface area contributed by atoms with Crippen molar-refractivity contribution in [3.63, 3.8) is 0 Å². The fourth-order valence-electron chi connectivity index (χ4n) is 3.72. The Balaban J connectivity index is 1.63. The number of benzene rings is 2. The van der Waals surface area contributed by atoms with Crippen molar-refractivity contribution in [1.82, 2.24) is 10.2 Å². The first-order valence-corrected chi connectivity index (χ1v) is 11.9. The number of sulfonamides is 1. The highest BCUT2D eigenvalue weighted by Gasteiger charge is 2.23. The molecular weight excluding hydrogens is 398 g/mol. The van der Waals surface area contributed by atoms with E-state index in [9.17, 15) is 13.2 Å². The van der Waals surface area contributed by atoms with Crippen molar-refractivity contribution in [3.05, 3.63) is 59.7 Å². The van der Waals surface area contributed by atoms with Gasteiger partial charge in [0.2, 0.25) is 0 Å². The molecule has 3 rings (SSSR count). The molecule has 2 aromatic rings. The SMILES string of the molecule is CCCN1CCC(NC(=O)c2ccc(N(C)S(=O)(=O)c3ccc(C)cc3)cc2)CC1. The number of nitrogens with one attached hydrogen (secondary N) is 1. The summed E-state index contributed by atoms with van der Waals surface area (Å²) in [6, 6.07) is 13.7. The van der Waals surface area contributed by atoms with Crippen LogP contribution in [0.1, 0.15) is 42.1 Å². The molecule has 0 unspecified atom stereocenters. The molecule has 7 heteroatoms. The first-order chi connectivity index (χ1) is 14.3. The number of hydrogen-bond acceptors (Lipinski definition) is 4. The molecule has 6 nitrogen and oxygen atoms in total. The van der Waals surface area contributed by atoms with Gasteiger partial charge in [-0.1, -0.05) is 24.6 Å². The molecule has 1 aliphatic rings. The minimum atomic E-state index is -3.65. The lowest BCUT2D eigenvalue weighted by Gasteiger charge is -2.32. The Kier molecular flexibility index (Phi) is 7.15. The Morgan fingerprint density at radius 3 is 2.23 bits per heavy atom. The lowest BCUT2D eigenvalue weighted by atomic mass is 10.0. The van der Waals surface area contributed by atoms with Gasteiger partial charge in [-0.15, -0.1) is 0 Å². The average molecular weight is 430 g/mol. The van der Waals surface area contributed by atoms with Crippen LogP contribution in [0.4, 0.5) is 5.69 Å². The van der Waals surface area contributed by atoms with Gasteiger partial charge in [0.1, 0.15) is 0 Å². The molecule has 1 N–H and O–H groups in total. The number of carbonyl (C=O) groups is 1. The maximum atomic E-state index is 12.8. The zero-order chi connectivity index (χ0) is 21.7. The minimum absolute atomic E-state index is 0.112. The Morgan fingerprint density at radius 1 is 1.07 bits per heavy atom. The first-order valence-electron chi connectivity index (χ1n) is 10.5. The third-order valence-electron chi connectivity index (χ3n) is 5.64. The number of carbonyl (C=O) groups excluding carboxylic acids is 1. The normalized spacial score (nSPS) is 15.7. The number of likely N-dealkylation sites (tertiary alicyclic amines) is 1. The van der Waals surface area contributed by atoms with Crippen LogP contribution < -0.4 is 9.62 Å². The van der Waals surface area contributed by atoms with Gasteiger partial charge in [-0.25, -0.2) is 8.42 Å². The zero-order valence-electron chi connectivity index (χ0n) is 18.0. The summed E-state index contributed by atoms with van der Waals surface area (Å²) in [4.78, 5) is 15.3. The summed E-state index contributed by atoms with van der Waals surface area (Å²) in [5, 5.41) is 3.11. The number of rotatable bonds is 7. The van der Waals surface area contributed by atoms with Gasteiger partial charge < -0.3 is 10.2 Å². The number of nitrogens with zero attached hydrogens (tertiary/aromatic N) is 2. The Morgan fingerprint density at radius 2 is 1.67 bits per heavy atom. The molecule has 1 heterocycles. The van der Waals surface area contributed by atoms with E-state index in [1.54, 1.807) is 48.5 Å². The van der Waals surface area contributed by atoms with E-state index in [0.717, 1.165) is 44.5 Å². The molecule has 0 aromatic heterocycles. The second-order valence-corrected chi connectivity index (χ2v) is 9.89. The van der Waals surface area contributed by atoms with Gasteiger partial charge in [0.25, 0.3) is 15.9 Å². The average Bonchev–Trinajstić information content (AvgIpc) is 2.75. The summed E-state index contributed by atoms with van der Waals surface area (Å²) < 4.78 is 26.9. The van der Waals surface area contributed by atoms with Crippen molar-refractivity contribution >= 4 is 21.6 Å². The molecule has 0 atom stereocenters. The lowest BCUT2D eigenvalue weighted by Crippen LogP contribution is -2.44. The van der Waals surface area contributed by atoms with E-state index in [1.165, 1.54) is 11.4 Å². The molecule has 30 heavy (non-hydrogen) atoms. The second-order valence-electron chi connectivity index (χ2n) is 7.92. The van der Waals surface area contributed by atoms with Crippen molar-refractivity contribution in [1.29, 1.82) is 0 Å². The van der Waals surface area contributed by atoms with Crippen LogP contribution in [0.25, 0.3) is 0 Å². The van der Waals surface area contributed by atoms with Gasteiger partial charge in [-0.2, -0.15) is 0 Å². The van der Waals surface area contributed by atoms with E-state index in [2.05, 4.69) is 17.1 Å². The van der Waals surface area contributed by atoms with E-state index in [-0.39, 0.29) is 16.8 Å². The van der Waals surface area contributed by atoms with Gasteiger partial charge in [-0.3, -0.25) is 9.10 Å². The second kappa shape index (κ2) is 9.62. The smallest absolute Gasteiger partial charge is 0.264 e. The predicted octanol–water partition coefficient (Wildman–Crippen LogP) is 3.42. The van der Waals surface area contributed by atoms with E-state index in [4.69, 9.17) is 0 Å². The van der Waals surface area contributed by atoms with Crippen LogP contribution in [0.5, 0.6) is 0 Å². The van der Waals surface area contributed by atoms with E-state index in [0.29, 0.717) is 11.3 Å². The summed E-state index contributed by atoms with van der Waals surface area (Å²) in [7, 11) is -2.12. The fraction of sp³-hybridized carbons (Fsp3) is 0.435. The molecule has 0 saturated carbocycles. The van der Waals surface area contributed by atoms with Crippen LogP contribution in [0, 0.1) is 6.92 Å². The van der Waals surface area contributed by atoms with Crippen molar-refractivity contribution in [2.24, 2.45) is 0 Å². The third-order valence-corrected chi connectivity index (χ3v) is 7.43. The van der Waals surface area contributed by atoms with Crippen LogP contribution in [0.3, 0.4) is 0 Å². The number of hydrogen-bond donors (Lipinski definition) is 1. The third kappa shape index (κ3) is 5.21. The Labute approximate surface area is 179 Å². The summed E-state index contributed by atoms with van der Waals surface area (Å²) >= 11 is 0. The van der Waals surface area contributed by atoms with Gasteiger partial charge in [0.05, 0.1) is 10.6 Å². The maximum absolute atomic E-state index is 12.8. The highest BCUT2D eigenvalue weighted by molar-refractivity contribution is 7.92. The summed E-state index contributed by atoms with van der Waals surface area (Å²) in [6.07, 6.45) is 3.07. The molecule has 1 amide bonds. The van der Waals surface area contributed by atoms with Gasteiger partial charge >= 0.3 is 0 Å². The Hall–Kier alpha value is -2.38. The van der Waals surface area contributed by atoms with Crippen LogP contribution in [-0.4, -0.2) is 51.9 Å². The van der Waals surface area contributed by atoms with Gasteiger partial charge in [-0.05, 0) is 69.1 Å². The quantitative estimate of drug-likeness (QED) is 0.732. The molecule has 0 spiro atoms. The van der Waals surface area contributed by atoms with Crippen LogP contribution in [0.15, 0.2) is 53.4 Å². The van der Waals surface area contributed by atoms with Crippen molar-refractivity contribution in [2.45, 2.75) is 44.0 Å². The maximum Gasteiger partial charge on any atom is 0.264 e. The van der Waals surface area contributed by atoms with Crippen LogP contribution in [-0.2, 0) is 10.0 Å². The number of aryl methyl sites for hydroxylation is 1. The van der Waals surface area contributed by atoms with Gasteiger partial charge in [0, 0.05) is 31.7 Å². The number of amides is 1. The number of anilines is 1. The first kappa shape index (κ1) is 22.3. The molecule has 0 bridgehead atoms. The molecule has 162 valence electrons. The van der Waals surface area contributed by atoms with Crippen LogP contribution in [0.2, 0.25) is 0 Å². The summed E-state index contributed by atoms with van der Waals surface area (Å²) in [5.74, 6) is -0.112. The minimum Gasteiger partial charge on any atom is -0.349 e. The molecule has 1 fully saturated rings. The molecule has 1 saturated heterocycles.